The van der Waals surface area contributed by atoms with Crippen LogP contribution in [0.25, 0.3) is 0 Å². The lowest BCUT2D eigenvalue weighted by molar-refractivity contribution is -0.120. The maximum atomic E-state index is 11.5. The zero-order chi connectivity index (χ0) is 10.1. The Morgan fingerprint density at radius 2 is 2.00 bits per heavy atom. The fourth-order valence-electron chi connectivity index (χ4n) is 2.43. The second-order valence-corrected chi connectivity index (χ2v) is 4.26. The molecule has 1 fully saturated rings. The highest BCUT2D eigenvalue weighted by atomic mass is 16.1. The molecule has 14 heavy (non-hydrogen) atoms. The minimum Gasteiger partial charge on any atom is -0.299 e. The van der Waals surface area contributed by atoms with Gasteiger partial charge in [-0.25, -0.2) is 0 Å². The third-order valence-electron chi connectivity index (χ3n) is 3.40. The van der Waals surface area contributed by atoms with Gasteiger partial charge in [-0.05, 0) is 30.4 Å². The Morgan fingerprint density at radius 1 is 1.29 bits per heavy atom. The summed E-state index contributed by atoms with van der Waals surface area (Å²) >= 11 is 0. The van der Waals surface area contributed by atoms with Crippen LogP contribution in [0.5, 0.6) is 0 Å². The van der Waals surface area contributed by atoms with E-state index in [0.29, 0.717) is 11.7 Å². The number of ketones is 1. The van der Waals surface area contributed by atoms with Gasteiger partial charge in [0, 0.05) is 12.3 Å². The molecule has 0 N–H and O–H groups in total. The number of carbonyl (C=O) groups is 1. The van der Waals surface area contributed by atoms with Crippen LogP contribution in [0.3, 0.4) is 0 Å². The van der Waals surface area contributed by atoms with E-state index in [9.17, 15) is 4.79 Å². The van der Waals surface area contributed by atoms with Gasteiger partial charge < -0.3 is 0 Å². The maximum absolute atomic E-state index is 11.5. The van der Waals surface area contributed by atoms with E-state index in [0.717, 1.165) is 12.8 Å². The highest BCUT2D eigenvalue weighted by Gasteiger charge is 2.32. The summed E-state index contributed by atoms with van der Waals surface area (Å²) < 4.78 is 0. The molecule has 1 aromatic rings. The summed E-state index contributed by atoms with van der Waals surface area (Å²) in [7, 11) is 0. The van der Waals surface area contributed by atoms with Crippen LogP contribution in [-0.4, -0.2) is 5.78 Å². The lowest BCUT2D eigenvalue weighted by Gasteiger charge is -2.16. The first-order valence-corrected chi connectivity index (χ1v) is 5.28. The summed E-state index contributed by atoms with van der Waals surface area (Å²) in [5.74, 6) is 1.11. The average molecular weight is 188 g/mol. The van der Waals surface area contributed by atoms with Crippen LogP contribution in [0.15, 0.2) is 24.3 Å². The van der Waals surface area contributed by atoms with Crippen LogP contribution >= 0.6 is 0 Å². The number of Topliss-reactive ketones (excluding diaryl/α,β-unsaturated/α-hetero) is 1. The van der Waals surface area contributed by atoms with E-state index in [1.807, 2.05) is 0 Å². The molecule has 1 aromatic carbocycles. The number of hydrogen-bond donors (Lipinski definition) is 0. The summed E-state index contributed by atoms with van der Waals surface area (Å²) in [4.78, 5) is 11.5. The molecular formula is C13H16O. The van der Waals surface area contributed by atoms with Crippen LogP contribution < -0.4 is 0 Å². The minimum absolute atomic E-state index is 0.219. The summed E-state index contributed by atoms with van der Waals surface area (Å²) in [5, 5.41) is 0. The van der Waals surface area contributed by atoms with Gasteiger partial charge in [0.05, 0.1) is 0 Å². The van der Waals surface area contributed by atoms with Gasteiger partial charge in [0.2, 0.25) is 0 Å². The number of hydrogen-bond acceptors (Lipinski definition) is 1. The number of aryl methyl sites for hydroxylation is 1. The third kappa shape index (κ3) is 1.47. The Hall–Kier alpha value is -1.11. The highest BCUT2D eigenvalue weighted by molar-refractivity contribution is 5.84. The molecule has 2 unspecified atom stereocenters. The van der Waals surface area contributed by atoms with Crippen LogP contribution in [0, 0.1) is 12.8 Å². The van der Waals surface area contributed by atoms with Crippen molar-refractivity contribution in [3.8, 4) is 0 Å². The molecule has 0 spiro atoms. The van der Waals surface area contributed by atoms with Gasteiger partial charge in [0.25, 0.3) is 0 Å². The van der Waals surface area contributed by atoms with Gasteiger partial charge in [-0.15, -0.1) is 0 Å². The lowest BCUT2D eigenvalue weighted by Crippen LogP contribution is -2.09. The predicted octanol–water partition coefficient (Wildman–Crippen LogP) is 3.08. The normalized spacial score (nSPS) is 26.9. The van der Waals surface area contributed by atoms with E-state index in [1.54, 1.807) is 0 Å². The molecular weight excluding hydrogens is 172 g/mol. The quantitative estimate of drug-likeness (QED) is 0.662. The molecule has 0 radical (unpaired) electrons. The molecule has 74 valence electrons. The number of carbonyl (C=O) groups excluding carboxylic acids is 1. The molecule has 2 rings (SSSR count). The van der Waals surface area contributed by atoms with Crippen LogP contribution in [0.2, 0.25) is 0 Å². The molecule has 0 saturated heterocycles. The second kappa shape index (κ2) is 3.56. The molecule has 0 bridgehead atoms. The summed E-state index contributed by atoms with van der Waals surface area (Å²) in [5.41, 5.74) is 2.69. The fraction of sp³-hybridized carbons (Fsp3) is 0.462. The Morgan fingerprint density at radius 3 is 2.57 bits per heavy atom. The lowest BCUT2D eigenvalue weighted by atomic mass is 9.87. The number of rotatable bonds is 1. The zero-order valence-corrected chi connectivity index (χ0v) is 8.79. The molecule has 1 nitrogen and oxygen atoms in total. The molecule has 1 aliphatic carbocycles. The molecule has 0 amide bonds. The molecule has 2 atom stereocenters. The van der Waals surface area contributed by atoms with Crippen molar-refractivity contribution < 1.29 is 4.79 Å². The smallest absolute Gasteiger partial charge is 0.136 e. The molecule has 0 heterocycles. The van der Waals surface area contributed by atoms with E-state index in [4.69, 9.17) is 0 Å². The first kappa shape index (κ1) is 9.45. The largest absolute Gasteiger partial charge is 0.299 e. The van der Waals surface area contributed by atoms with E-state index >= 15 is 0 Å². The first-order valence-electron chi connectivity index (χ1n) is 5.28. The Bertz CT molecular complexity index is 354. The number of benzene rings is 1. The predicted molar refractivity (Wildman–Crippen MR) is 57.3 cm³/mol. The van der Waals surface area contributed by atoms with Gasteiger partial charge >= 0.3 is 0 Å². The maximum Gasteiger partial charge on any atom is 0.136 e. The van der Waals surface area contributed by atoms with E-state index < -0.39 is 0 Å². The van der Waals surface area contributed by atoms with Crippen molar-refractivity contribution in [2.75, 3.05) is 0 Å². The monoisotopic (exact) mass is 188 g/mol. The molecule has 1 heteroatoms. The van der Waals surface area contributed by atoms with Crippen LogP contribution in [0.1, 0.15) is 36.8 Å². The fourth-order valence-corrected chi connectivity index (χ4v) is 2.43. The van der Waals surface area contributed by atoms with Crippen molar-refractivity contribution >= 4 is 5.78 Å². The van der Waals surface area contributed by atoms with Gasteiger partial charge in [-0.2, -0.15) is 0 Å². The first-order chi connectivity index (χ1) is 6.70. The van der Waals surface area contributed by atoms with E-state index in [1.165, 1.54) is 11.1 Å². The Kier molecular flexibility index (Phi) is 2.40. The molecule has 0 aliphatic heterocycles. The minimum atomic E-state index is 0.219. The summed E-state index contributed by atoms with van der Waals surface area (Å²) in [6, 6.07) is 8.41. The van der Waals surface area contributed by atoms with Crippen molar-refractivity contribution in [1.82, 2.24) is 0 Å². The topological polar surface area (TPSA) is 17.1 Å². The van der Waals surface area contributed by atoms with Crippen molar-refractivity contribution in [2.24, 2.45) is 5.92 Å². The van der Waals surface area contributed by atoms with Crippen LogP contribution in [0.4, 0.5) is 0 Å². The third-order valence-corrected chi connectivity index (χ3v) is 3.40. The Balaban J connectivity index is 2.32. The molecule has 0 aromatic heterocycles. The second-order valence-electron chi connectivity index (χ2n) is 4.26. The van der Waals surface area contributed by atoms with Crippen molar-refractivity contribution in [3.63, 3.8) is 0 Å². The van der Waals surface area contributed by atoms with Crippen molar-refractivity contribution in [2.45, 2.75) is 32.6 Å². The standard InChI is InChI=1S/C13H16O/c1-9-5-3-4-6-11(9)12-7-8-13(14)10(12)2/h3-6,10,12H,7-8H2,1-2H3. The van der Waals surface area contributed by atoms with Gasteiger partial charge in [-0.1, -0.05) is 31.2 Å². The Labute approximate surface area is 85.1 Å². The van der Waals surface area contributed by atoms with Gasteiger partial charge in [0.1, 0.15) is 5.78 Å². The average Bonchev–Trinajstić information content (AvgIpc) is 2.49. The van der Waals surface area contributed by atoms with E-state index in [2.05, 4.69) is 38.1 Å². The molecule has 1 saturated carbocycles. The van der Waals surface area contributed by atoms with Gasteiger partial charge in [-0.3, -0.25) is 4.79 Å². The van der Waals surface area contributed by atoms with Crippen molar-refractivity contribution in [3.05, 3.63) is 35.4 Å². The van der Waals surface area contributed by atoms with Crippen LogP contribution in [-0.2, 0) is 4.79 Å². The molecule has 1 aliphatic rings. The van der Waals surface area contributed by atoms with E-state index in [-0.39, 0.29) is 5.92 Å². The zero-order valence-electron chi connectivity index (χ0n) is 8.79. The summed E-state index contributed by atoms with van der Waals surface area (Å²) in [6.45, 7) is 4.19. The highest BCUT2D eigenvalue weighted by Crippen LogP contribution is 2.38. The van der Waals surface area contributed by atoms with Crippen molar-refractivity contribution in [1.29, 1.82) is 0 Å². The SMILES string of the molecule is Cc1ccccc1C1CCC(=O)C1C. The summed E-state index contributed by atoms with van der Waals surface area (Å²) in [6.07, 6.45) is 1.80. The van der Waals surface area contributed by atoms with Gasteiger partial charge in [0.15, 0.2) is 0 Å².